The van der Waals surface area contributed by atoms with Crippen LogP contribution in [0.2, 0.25) is 0 Å². The Morgan fingerprint density at radius 1 is 1.11 bits per heavy atom. The third kappa shape index (κ3) is 3.64. The molecule has 0 radical (unpaired) electrons. The lowest BCUT2D eigenvalue weighted by atomic mass is 9.86. The minimum atomic E-state index is -3.66. The minimum absolute atomic E-state index is 0.208. The maximum atomic E-state index is 13.0. The van der Waals surface area contributed by atoms with Crippen LogP contribution in [0.4, 0.5) is 0 Å². The van der Waals surface area contributed by atoms with Crippen molar-refractivity contribution in [3.05, 3.63) is 71.8 Å². The van der Waals surface area contributed by atoms with E-state index in [2.05, 4.69) is 0 Å². The zero-order valence-corrected chi connectivity index (χ0v) is 16.9. The van der Waals surface area contributed by atoms with Crippen molar-refractivity contribution in [3.8, 4) is 0 Å². The van der Waals surface area contributed by atoms with Crippen molar-refractivity contribution in [2.45, 2.75) is 31.7 Å². The van der Waals surface area contributed by atoms with Crippen LogP contribution in [-0.4, -0.2) is 37.3 Å². The molecule has 1 aliphatic heterocycles. The summed E-state index contributed by atoms with van der Waals surface area (Å²) in [5, 5.41) is 0. The number of rotatable bonds is 5. The maximum Gasteiger partial charge on any atom is 0.224 e. The third-order valence-corrected chi connectivity index (χ3v) is 7.09. The van der Waals surface area contributed by atoms with Gasteiger partial charge in [0.25, 0.3) is 0 Å². The van der Waals surface area contributed by atoms with Crippen molar-refractivity contribution < 1.29 is 18.0 Å². The lowest BCUT2D eigenvalue weighted by molar-refractivity contribution is -0.131. The van der Waals surface area contributed by atoms with Gasteiger partial charge < -0.3 is 9.69 Å². The second-order valence-corrected chi connectivity index (χ2v) is 9.43. The van der Waals surface area contributed by atoms with Crippen LogP contribution in [0, 0.1) is 12.3 Å². The molecule has 0 fully saturated rings. The van der Waals surface area contributed by atoms with E-state index in [1.165, 1.54) is 11.8 Å². The van der Waals surface area contributed by atoms with Crippen LogP contribution in [0.15, 0.2) is 65.6 Å². The molecule has 3 rings (SSSR count). The summed E-state index contributed by atoms with van der Waals surface area (Å²) in [7, 11) is -3.66. The molecule has 1 amide bonds. The van der Waals surface area contributed by atoms with Gasteiger partial charge in [0.15, 0.2) is 9.84 Å². The number of amides is 1. The quantitative estimate of drug-likeness (QED) is 0.726. The van der Waals surface area contributed by atoms with Crippen LogP contribution >= 0.6 is 0 Å². The second-order valence-electron chi connectivity index (χ2n) is 7.44. The van der Waals surface area contributed by atoms with E-state index in [1.807, 2.05) is 37.3 Å². The molecular formula is C22H23NO4S. The van der Waals surface area contributed by atoms with Gasteiger partial charge in [0.2, 0.25) is 5.91 Å². The summed E-state index contributed by atoms with van der Waals surface area (Å²) in [6, 6.07) is 14.9. The lowest BCUT2D eigenvalue weighted by Crippen LogP contribution is -2.45. The fourth-order valence-electron chi connectivity index (χ4n) is 3.69. The molecule has 0 saturated carbocycles. The number of hydrogen-bond donors (Lipinski definition) is 0. The molecule has 5 nitrogen and oxygen atoms in total. The van der Waals surface area contributed by atoms with E-state index >= 15 is 0 Å². The van der Waals surface area contributed by atoms with Crippen molar-refractivity contribution >= 4 is 27.7 Å². The Labute approximate surface area is 165 Å². The number of nitrogens with zero attached hydrogens (tertiary/aromatic N) is 1. The van der Waals surface area contributed by atoms with Crippen LogP contribution in [-0.2, 0) is 19.4 Å². The molecule has 0 bridgehead atoms. The zero-order chi connectivity index (χ0) is 20.5. The van der Waals surface area contributed by atoms with Gasteiger partial charge in [0, 0.05) is 18.0 Å². The molecule has 0 N–H and O–H groups in total. The van der Waals surface area contributed by atoms with E-state index in [0.717, 1.165) is 11.1 Å². The Morgan fingerprint density at radius 2 is 1.71 bits per heavy atom. The van der Waals surface area contributed by atoms with E-state index in [4.69, 9.17) is 0 Å². The lowest BCUT2D eigenvalue weighted by Gasteiger charge is -2.32. The molecule has 1 heterocycles. The first kappa shape index (κ1) is 20.0. The van der Waals surface area contributed by atoms with Gasteiger partial charge >= 0.3 is 0 Å². The number of aryl methyl sites for hydroxylation is 1. The fourth-order valence-corrected chi connectivity index (χ4v) is 5.48. The number of carbonyl (C=O) groups excluding carboxylic acids is 2. The molecule has 146 valence electrons. The molecule has 2 unspecified atom stereocenters. The van der Waals surface area contributed by atoms with E-state index in [9.17, 15) is 18.0 Å². The molecule has 0 saturated heterocycles. The van der Waals surface area contributed by atoms with E-state index in [0.29, 0.717) is 12.0 Å². The van der Waals surface area contributed by atoms with E-state index < -0.39 is 21.3 Å². The number of carbonyl (C=O) groups is 2. The van der Waals surface area contributed by atoms with Gasteiger partial charge in [-0.05, 0) is 24.6 Å². The summed E-state index contributed by atoms with van der Waals surface area (Å²) in [5.41, 5.74) is 1.25. The second kappa shape index (κ2) is 7.36. The number of aldehydes is 1. The highest BCUT2D eigenvalue weighted by molar-refractivity contribution is 7.91. The summed E-state index contributed by atoms with van der Waals surface area (Å²) in [6.45, 7) is 4.98. The summed E-state index contributed by atoms with van der Waals surface area (Å²) in [5.74, 6) is -0.573. The van der Waals surface area contributed by atoms with Crippen LogP contribution in [0.25, 0.3) is 5.70 Å². The molecular weight excluding hydrogens is 374 g/mol. The Kier molecular flexibility index (Phi) is 5.26. The molecule has 2 atom stereocenters. The van der Waals surface area contributed by atoms with Gasteiger partial charge in [-0.3, -0.25) is 4.79 Å². The molecule has 1 aliphatic rings. The molecule has 28 heavy (non-hydrogen) atoms. The van der Waals surface area contributed by atoms with Crippen LogP contribution in [0.5, 0.6) is 0 Å². The van der Waals surface area contributed by atoms with E-state index in [1.54, 1.807) is 37.3 Å². The fraction of sp³-hybridized carbons (Fsp3) is 0.273. The highest BCUT2D eigenvalue weighted by Crippen LogP contribution is 2.43. The van der Waals surface area contributed by atoms with Crippen molar-refractivity contribution in [1.82, 2.24) is 4.90 Å². The maximum absolute atomic E-state index is 13.0. The molecule has 0 spiro atoms. The van der Waals surface area contributed by atoms with Crippen molar-refractivity contribution in [2.75, 3.05) is 5.75 Å². The van der Waals surface area contributed by atoms with Crippen molar-refractivity contribution in [2.24, 2.45) is 5.41 Å². The summed E-state index contributed by atoms with van der Waals surface area (Å²) >= 11 is 0. The summed E-state index contributed by atoms with van der Waals surface area (Å²) < 4.78 is 26.1. The molecule has 2 aromatic carbocycles. The zero-order valence-electron chi connectivity index (χ0n) is 16.1. The first-order valence-corrected chi connectivity index (χ1v) is 10.7. The Bertz CT molecular complexity index is 1030. The smallest absolute Gasteiger partial charge is 0.224 e. The van der Waals surface area contributed by atoms with Gasteiger partial charge in [-0.2, -0.15) is 0 Å². The molecule has 2 aromatic rings. The average molecular weight is 397 g/mol. The number of hydrogen-bond acceptors (Lipinski definition) is 4. The van der Waals surface area contributed by atoms with Gasteiger partial charge in [-0.25, -0.2) is 8.42 Å². The third-order valence-electron chi connectivity index (χ3n) is 5.10. The van der Waals surface area contributed by atoms with Gasteiger partial charge in [-0.15, -0.1) is 0 Å². The Balaban J connectivity index is 2.07. The highest BCUT2D eigenvalue weighted by Gasteiger charge is 2.48. The number of sulfone groups is 1. The Hall–Kier alpha value is -2.73. The first-order chi connectivity index (χ1) is 13.2. The largest absolute Gasteiger partial charge is 0.301 e. The Morgan fingerprint density at radius 3 is 2.25 bits per heavy atom. The van der Waals surface area contributed by atoms with Crippen molar-refractivity contribution in [3.63, 3.8) is 0 Å². The SMILES string of the molecule is CC(=O)N1C(c2ccccc2)=CC(C)(CS(=O)(=O)c2ccc(C)cc2)C1C=O. The van der Waals surface area contributed by atoms with Crippen LogP contribution in [0.3, 0.4) is 0 Å². The van der Waals surface area contributed by atoms with Crippen molar-refractivity contribution in [1.29, 1.82) is 0 Å². The predicted octanol–water partition coefficient (Wildman–Crippen LogP) is 3.25. The number of benzene rings is 2. The molecule has 6 heteroatoms. The standard InChI is InChI=1S/C22H23NO4S/c1-16-9-11-19(12-10-16)28(26,27)15-22(3)13-20(18-7-5-4-6-8-18)23(17(2)25)21(22)14-24/h4-14,21H,15H2,1-3H3. The van der Waals surface area contributed by atoms with Crippen LogP contribution in [0.1, 0.15) is 25.0 Å². The van der Waals surface area contributed by atoms with Gasteiger partial charge in [0.1, 0.15) is 12.3 Å². The molecule has 0 aliphatic carbocycles. The summed E-state index contributed by atoms with van der Waals surface area (Å²) in [6.07, 6.45) is 2.41. The van der Waals surface area contributed by atoms with Gasteiger partial charge in [0.05, 0.1) is 10.6 Å². The summed E-state index contributed by atoms with van der Waals surface area (Å²) in [4.78, 5) is 25.9. The normalized spacial score (nSPS) is 22.0. The molecule has 0 aromatic heterocycles. The van der Waals surface area contributed by atoms with Gasteiger partial charge in [-0.1, -0.05) is 61.0 Å². The topological polar surface area (TPSA) is 71.5 Å². The predicted molar refractivity (Wildman–Crippen MR) is 108 cm³/mol. The average Bonchev–Trinajstić information content (AvgIpc) is 2.94. The van der Waals surface area contributed by atoms with Crippen LogP contribution < -0.4 is 0 Å². The first-order valence-electron chi connectivity index (χ1n) is 9.01. The monoisotopic (exact) mass is 397 g/mol. The highest BCUT2D eigenvalue weighted by atomic mass is 32.2. The van der Waals surface area contributed by atoms with E-state index in [-0.39, 0.29) is 16.6 Å². The minimum Gasteiger partial charge on any atom is -0.301 e.